The van der Waals surface area contributed by atoms with Gasteiger partial charge in [-0.05, 0) is 39.5 Å². The van der Waals surface area contributed by atoms with Gasteiger partial charge in [0.25, 0.3) is 0 Å². The molecule has 1 aliphatic heterocycles. The van der Waals surface area contributed by atoms with E-state index in [9.17, 15) is 0 Å². The molecular weight excluding hydrogens is 188 g/mol. The molecule has 1 fully saturated rings. The maximum Gasteiger partial charge on any atom is 0.158 e. The summed E-state index contributed by atoms with van der Waals surface area (Å²) in [5.41, 5.74) is 1.41. The lowest BCUT2D eigenvalue weighted by atomic mass is 10.0. The summed E-state index contributed by atoms with van der Waals surface area (Å²) in [6.07, 6.45) is 6.05. The number of rotatable bonds is 5. The first-order chi connectivity index (χ1) is 7.08. The van der Waals surface area contributed by atoms with Crippen molar-refractivity contribution in [3.63, 3.8) is 0 Å². The van der Waals surface area contributed by atoms with Gasteiger partial charge in [0.15, 0.2) is 6.29 Å². The van der Waals surface area contributed by atoms with Crippen LogP contribution in [0.25, 0.3) is 0 Å². The minimum atomic E-state index is 0.0432. The highest BCUT2D eigenvalue weighted by Gasteiger charge is 2.23. The summed E-state index contributed by atoms with van der Waals surface area (Å²) < 4.78 is 11.1. The SMILES string of the molecule is CC(C)=CCCC(C)CC1OCC(C)O1. The normalized spacial score (nSPS) is 27.7. The van der Waals surface area contributed by atoms with Gasteiger partial charge in [-0.25, -0.2) is 0 Å². The number of hydrogen-bond acceptors (Lipinski definition) is 2. The molecule has 1 rings (SSSR count). The zero-order valence-electron chi connectivity index (χ0n) is 10.5. The molecule has 1 heterocycles. The van der Waals surface area contributed by atoms with Gasteiger partial charge in [-0.1, -0.05) is 18.6 Å². The van der Waals surface area contributed by atoms with Crippen LogP contribution in [0, 0.1) is 5.92 Å². The molecule has 0 saturated carbocycles. The summed E-state index contributed by atoms with van der Waals surface area (Å²) in [5.74, 6) is 0.677. The molecule has 1 aliphatic rings. The molecule has 0 aromatic carbocycles. The Balaban J connectivity index is 2.13. The first-order valence-corrected chi connectivity index (χ1v) is 5.98. The third-order valence-electron chi connectivity index (χ3n) is 2.71. The van der Waals surface area contributed by atoms with E-state index in [0.717, 1.165) is 13.0 Å². The number of allylic oxidation sites excluding steroid dienone is 2. The van der Waals surface area contributed by atoms with E-state index < -0.39 is 0 Å². The van der Waals surface area contributed by atoms with Crippen molar-refractivity contribution in [2.45, 2.75) is 59.4 Å². The highest BCUT2D eigenvalue weighted by atomic mass is 16.7. The lowest BCUT2D eigenvalue weighted by Gasteiger charge is -2.15. The van der Waals surface area contributed by atoms with Gasteiger partial charge in [0, 0.05) is 6.42 Å². The monoisotopic (exact) mass is 212 g/mol. The van der Waals surface area contributed by atoms with Gasteiger partial charge in [0.1, 0.15) is 0 Å². The zero-order chi connectivity index (χ0) is 11.3. The van der Waals surface area contributed by atoms with E-state index in [4.69, 9.17) is 9.47 Å². The van der Waals surface area contributed by atoms with E-state index >= 15 is 0 Å². The maximum atomic E-state index is 5.62. The molecule has 0 bridgehead atoms. The van der Waals surface area contributed by atoms with Crippen molar-refractivity contribution in [2.75, 3.05) is 6.61 Å². The lowest BCUT2D eigenvalue weighted by molar-refractivity contribution is -0.0678. The molecule has 3 unspecified atom stereocenters. The number of ether oxygens (including phenoxy) is 2. The molecule has 2 nitrogen and oxygen atoms in total. The van der Waals surface area contributed by atoms with E-state index in [1.165, 1.54) is 18.4 Å². The molecule has 0 spiro atoms. The van der Waals surface area contributed by atoms with Gasteiger partial charge >= 0.3 is 0 Å². The van der Waals surface area contributed by atoms with Gasteiger partial charge in [-0.3, -0.25) is 0 Å². The fourth-order valence-electron chi connectivity index (χ4n) is 1.81. The van der Waals surface area contributed by atoms with Gasteiger partial charge in [0.2, 0.25) is 0 Å². The smallest absolute Gasteiger partial charge is 0.158 e. The quantitative estimate of drug-likeness (QED) is 0.649. The Morgan fingerprint density at radius 1 is 1.47 bits per heavy atom. The van der Waals surface area contributed by atoms with E-state index in [1.807, 2.05) is 0 Å². The summed E-state index contributed by atoms with van der Waals surface area (Å²) in [6, 6.07) is 0. The molecule has 0 amide bonds. The lowest BCUT2D eigenvalue weighted by Crippen LogP contribution is -2.13. The fraction of sp³-hybridized carbons (Fsp3) is 0.846. The van der Waals surface area contributed by atoms with Crippen LogP contribution < -0.4 is 0 Å². The Morgan fingerprint density at radius 2 is 2.20 bits per heavy atom. The first-order valence-electron chi connectivity index (χ1n) is 5.98. The average molecular weight is 212 g/mol. The molecule has 0 N–H and O–H groups in total. The van der Waals surface area contributed by atoms with E-state index in [2.05, 4.69) is 33.8 Å². The maximum absolute atomic E-state index is 5.62. The van der Waals surface area contributed by atoms with Crippen LogP contribution in [0.2, 0.25) is 0 Å². The largest absolute Gasteiger partial charge is 0.350 e. The summed E-state index contributed by atoms with van der Waals surface area (Å²) in [7, 11) is 0. The average Bonchev–Trinajstić information content (AvgIpc) is 2.50. The molecular formula is C13H24O2. The minimum Gasteiger partial charge on any atom is -0.350 e. The Morgan fingerprint density at radius 3 is 2.73 bits per heavy atom. The van der Waals surface area contributed by atoms with Gasteiger partial charge < -0.3 is 9.47 Å². The molecule has 3 atom stereocenters. The zero-order valence-corrected chi connectivity index (χ0v) is 10.5. The van der Waals surface area contributed by atoms with Crippen molar-refractivity contribution in [3.8, 4) is 0 Å². The second kappa shape index (κ2) is 6.29. The Hall–Kier alpha value is -0.340. The van der Waals surface area contributed by atoms with Crippen molar-refractivity contribution in [1.82, 2.24) is 0 Å². The Bertz CT molecular complexity index is 207. The van der Waals surface area contributed by atoms with Crippen LogP contribution in [-0.4, -0.2) is 19.0 Å². The third kappa shape index (κ3) is 5.33. The third-order valence-corrected chi connectivity index (χ3v) is 2.71. The molecule has 2 heteroatoms. The number of hydrogen-bond donors (Lipinski definition) is 0. The summed E-state index contributed by atoms with van der Waals surface area (Å²) >= 11 is 0. The van der Waals surface area contributed by atoms with Crippen LogP contribution in [0.15, 0.2) is 11.6 Å². The van der Waals surface area contributed by atoms with Crippen LogP contribution in [0.1, 0.15) is 47.0 Å². The predicted octanol–water partition coefficient (Wildman–Crippen LogP) is 3.52. The molecule has 0 radical (unpaired) electrons. The van der Waals surface area contributed by atoms with Crippen LogP contribution >= 0.6 is 0 Å². The molecule has 15 heavy (non-hydrogen) atoms. The van der Waals surface area contributed by atoms with Gasteiger partial charge in [-0.15, -0.1) is 0 Å². The summed E-state index contributed by atoms with van der Waals surface area (Å²) in [5, 5.41) is 0. The highest BCUT2D eigenvalue weighted by Crippen LogP contribution is 2.21. The fourth-order valence-corrected chi connectivity index (χ4v) is 1.81. The molecule has 0 aliphatic carbocycles. The molecule has 88 valence electrons. The highest BCUT2D eigenvalue weighted by molar-refractivity contribution is 4.92. The topological polar surface area (TPSA) is 18.5 Å². The Kier molecular flexibility index (Phi) is 5.34. The van der Waals surface area contributed by atoms with Crippen molar-refractivity contribution >= 4 is 0 Å². The van der Waals surface area contributed by atoms with Crippen LogP contribution in [-0.2, 0) is 9.47 Å². The second-order valence-corrected chi connectivity index (χ2v) is 4.91. The Labute approximate surface area is 93.7 Å². The van der Waals surface area contributed by atoms with Crippen molar-refractivity contribution in [2.24, 2.45) is 5.92 Å². The van der Waals surface area contributed by atoms with Crippen molar-refractivity contribution in [3.05, 3.63) is 11.6 Å². The van der Waals surface area contributed by atoms with Crippen LogP contribution in [0.3, 0.4) is 0 Å². The molecule has 0 aromatic heterocycles. The van der Waals surface area contributed by atoms with Crippen LogP contribution in [0.5, 0.6) is 0 Å². The molecule has 0 aromatic rings. The van der Waals surface area contributed by atoms with Crippen molar-refractivity contribution < 1.29 is 9.47 Å². The van der Waals surface area contributed by atoms with E-state index in [-0.39, 0.29) is 12.4 Å². The molecule has 1 saturated heterocycles. The van der Waals surface area contributed by atoms with E-state index in [1.54, 1.807) is 0 Å². The van der Waals surface area contributed by atoms with Crippen molar-refractivity contribution in [1.29, 1.82) is 0 Å². The first kappa shape index (κ1) is 12.7. The summed E-state index contributed by atoms with van der Waals surface area (Å²) in [6.45, 7) is 9.39. The summed E-state index contributed by atoms with van der Waals surface area (Å²) in [4.78, 5) is 0. The predicted molar refractivity (Wildman–Crippen MR) is 62.7 cm³/mol. The van der Waals surface area contributed by atoms with Gasteiger partial charge in [-0.2, -0.15) is 0 Å². The van der Waals surface area contributed by atoms with Crippen LogP contribution in [0.4, 0.5) is 0 Å². The second-order valence-electron chi connectivity index (χ2n) is 4.91. The minimum absolute atomic E-state index is 0.0432. The van der Waals surface area contributed by atoms with Gasteiger partial charge in [0.05, 0.1) is 12.7 Å². The standard InChI is InChI=1S/C13H24O2/c1-10(2)6-5-7-11(3)8-13-14-9-12(4)15-13/h6,11-13H,5,7-9H2,1-4H3. The van der Waals surface area contributed by atoms with E-state index in [0.29, 0.717) is 5.92 Å².